The maximum atomic E-state index is 12.9. The molecule has 2 aliphatic heterocycles. The number of carbonyl (C=O) groups is 1. The molecule has 0 radical (unpaired) electrons. The number of fused-ring (bicyclic) bond motifs is 4. The molecule has 2 aromatic carbocycles. The van der Waals surface area contributed by atoms with Crippen molar-refractivity contribution in [3.8, 4) is 17.2 Å². The van der Waals surface area contributed by atoms with Gasteiger partial charge < -0.3 is 19.5 Å². The number of ether oxygens (including phenoxy) is 3. The van der Waals surface area contributed by atoms with E-state index in [1.54, 1.807) is 12.0 Å². The van der Waals surface area contributed by atoms with E-state index in [9.17, 15) is 4.79 Å². The average Bonchev–Trinajstić information content (AvgIpc) is 2.62. The number of urea groups is 1. The molecule has 136 valence electrons. The highest BCUT2D eigenvalue weighted by atomic mass is 16.5. The zero-order valence-electron chi connectivity index (χ0n) is 15.1. The summed E-state index contributed by atoms with van der Waals surface area (Å²) in [5, 5.41) is 3.10. The fourth-order valence-corrected chi connectivity index (χ4v) is 3.75. The predicted molar refractivity (Wildman–Crippen MR) is 98.0 cm³/mol. The first kappa shape index (κ1) is 16.6. The highest BCUT2D eigenvalue weighted by Gasteiger charge is 2.50. The lowest BCUT2D eigenvalue weighted by molar-refractivity contribution is 0.0343. The minimum absolute atomic E-state index is 0.105. The van der Waals surface area contributed by atoms with Gasteiger partial charge in [0.2, 0.25) is 0 Å². The highest BCUT2D eigenvalue weighted by Crippen LogP contribution is 2.49. The van der Waals surface area contributed by atoms with Crippen molar-refractivity contribution < 1.29 is 19.0 Å². The number of methoxy groups -OCH3 is 1. The Hall–Kier alpha value is -2.89. The molecule has 6 nitrogen and oxygen atoms in total. The molecule has 26 heavy (non-hydrogen) atoms. The van der Waals surface area contributed by atoms with Crippen LogP contribution in [0, 0.1) is 0 Å². The van der Waals surface area contributed by atoms with Gasteiger partial charge in [-0.2, -0.15) is 0 Å². The number of carbonyl (C=O) groups excluding carboxylic acids is 1. The molecular formula is C20H22N2O4. The third-order valence-electron chi connectivity index (χ3n) is 4.89. The summed E-state index contributed by atoms with van der Waals surface area (Å²) in [6.45, 7) is 4.43. The van der Waals surface area contributed by atoms with Gasteiger partial charge in [-0.1, -0.05) is 12.1 Å². The Morgan fingerprint density at radius 3 is 2.73 bits per heavy atom. The van der Waals surface area contributed by atoms with E-state index in [4.69, 9.17) is 14.2 Å². The van der Waals surface area contributed by atoms with Crippen LogP contribution >= 0.6 is 0 Å². The molecule has 0 spiro atoms. The quantitative estimate of drug-likeness (QED) is 0.906. The van der Waals surface area contributed by atoms with Crippen LogP contribution in [0.1, 0.15) is 31.9 Å². The van der Waals surface area contributed by atoms with Gasteiger partial charge in [-0.15, -0.1) is 0 Å². The fraction of sp³-hybridized carbons (Fsp3) is 0.350. The number of hydrogen-bond donors (Lipinski definition) is 1. The van der Waals surface area contributed by atoms with E-state index >= 15 is 0 Å². The molecule has 0 aromatic heterocycles. The van der Waals surface area contributed by atoms with Crippen molar-refractivity contribution in [1.82, 2.24) is 5.32 Å². The van der Waals surface area contributed by atoms with E-state index in [1.807, 2.05) is 56.3 Å². The van der Waals surface area contributed by atoms with Crippen molar-refractivity contribution in [2.75, 3.05) is 18.6 Å². The zero-order chi connectivity index (χ0) is 18.3. The molecule has 1 fully saturated rings. The van der Waals surface area contributed by atoms with E-state index < -0.39 is 5.72 Å². The third kappa shape index (κ3) is 2.53. The standard InChI is InChI=1S/C20H22N2O4/c1-4-25-17-7-5-6-15-16-12-20(2,26-18(15)17)22(19(23)21-16)13-8-10-14(24-3)11-9-13/h5-11,16H,4,12H2,1-3H3,(H,21,23)/t16-,20+/m0/s1. The van der Waals surface area contributed by atoms with E-state index in [2.05, 4.69) is 5.32 Å². The van der Waals surface area contributed by atoms with Gasteiger partial charge >= 0.3 is 6.03 Å². The molecule has 2 atom stereocenters. The van der Waals surface area contributed by atoms with Crippen LogP contribution < -0.4 is 24.4 Å². The van der Waals surface area contributed by atoms with Crippen LogP contribution in [0.3, 0.4) is 0 Å². The maximum absolute atomic E-state index is 12.9. The van der Waals surface area contributed by atoms with Gasteiger partial charge in [0.1, 0.15) is 5.75 Å². The summed E-state index contributed by atoms with van der Waals surface area (Å²) < 4.78 is 17.3. The van der Waals surface area contributed by atoms with Gasteiger partial charge in [0.05, 0.1) is 19.8 Å². The van der Waals surface area contributed by atoms with Crippen LogP contribution in [0.15, 0.2) is 42.5 Å². The van der Waals surface area contributed by atoms with Crippen LogP contribution in [0.5, 0.6) is 17.2 Å². The van der Waals surface area contributed by atoms with E-state index in [-0.39, 0.29) is 12.1 Å². The van der Waals surface area contributed by atoms with Crippen molar-refractivity contribution in [3.05, 3.63) is 48.0 Å². The Balaban J connectivity index is 1.76. The topological polar surface area (TPSA) is 60.0 Å². The molecule has 2 aromatic rings. The molecule has 2 heterocycles. The molecule has 4 rings (SSSR count). The van der Waals surface area contributed by atoms with E-state index in [1.165, 1.54) is 0 Å². The number of nitrogens with one attached hydrogen (secondary N) is 1. The van der Waals surface area contributed by atoms with E-state index in [0.717, 1.165) is 17.0 Å². The van der Waals surface area contributed by atoms with Crippen molar-refractivity contribution in [2.45, 2.75) is 32.0 Å². The third-order valence-corrected chi connectivity index (χ3v) is 4.89. The number of para-hydroxylation sites is 1. The molecule has 0 unspecified atom stereocenters. The molecule has 2 amide bonds. The summed E-state index contributed by atoms with van der Waals surface area (Å²) >= 11 is 0. The maximum Gasteiger partial charge on any atom is 0.325 e. The molecule has 6 heteroatoms. The van der Waals surface area contributed by atoms with Crippen molar-refractivity contribution in [1.29, 1.82) is 0 Å². The Bertz CT molecular complexity index is 836. The fourth-order valence-electron chi connectivity index (χ4n) is 3.75. The minimum Gasteiger partial charge on any atom is -0.497 e. The summed E-state index contributed by atoms with van der Waals surface area (Å²) in [5.41, 5.74) is 0.902. The number of amides is 2. The van der Waals surface area contributed by atoms with Crippen LogP contribution in [-0.2, 0) is 0 Å². The number of nitrogens with zero attached hydrogens (tertiary/aromatic N) is 1. The molecule has 2 bridgehead atoms. The molecule has 1 N–H and O–H groups in total. The second-order valence-electron chi connectivity index (χ2n) is 6.62. The largest absolute Gasteiger partial charge is 0.497 e. The molecule has 2 aliphatic rings. The average molecular weight is 354 g/mol. The summed E-state index contributed by atoms with van der Waals surface area (Å²) in [6.07, 6.45) is 0.646. The number of benzene rings is 2. The first-order chi connectivity index (χ1) is 12.6. The zero-order valence-corrected chi connectivity index (χ0v) is 15.1. The van der Waals surface area contributed by atoms with Crippen LogP contribution in [0.4, 0.5) is 10.5 Å². The van der Waals surface area contributed by atoms with Gasteiger partial charge in [0.15, 0.2) is 17.2 Å². The second-order valence-corrected chi connectivity index (χ2v) is 6.62. The lowest BCUT2D eigenvalue weighted by Crippen LogP contribution is -2.65. The summed E-state index contributed by atoms with van der Waals surface area (Å²) in [4.78, 5) is 14.5. The SMILES string of the molecule is CCOc1cccc2c1O[C@]1(C)C[C@@H]2NC(=O)N1c1ccc(OC)cc1. The molecular weight excluding hydrogens is 332 g/mol. The Labute approximate surface area is 152 Å². The van der Waals surface area contributed by atoms with E-state index in [0.29, 0.717) is 24.5 Å². The van der Waals surface area contributed by atoms with Crippen LogP contribution in [0.25, 0.3) is 0 Å². The van der Waals surface area contributed by atoms with Gasteiger partial charge in [-0.3, -0.25) is 4.90 Å². The van der Waals surface area contributed by atoms with Crippen molar-refractivity contribution in [3.63, 3.8) is 0 Å². The van der Waals surface area contributed by atoms with Gasteiger partial charge in [0, 0.05) is 17.7 Å². The minimum atomic E-state index is -0.804. The molecule has 0 saturated carbocycles. The summed E-state index contributed by atoms with van der Waals surface area (Å²) in [7, 11) is 1.62. The van der Waals surface area contributed by atoms with Gasteiger partial charge in [0.25, 0.3) is 0 Å². The van der Waals surface area contributed by atoms with Crippen LogP contribution in [0.2, 0.25) is 0 Å². The lowest BCUT2D eigenvalue weighted by atomic mass is 9.90. The smallest absolute Gasteiger partial charge is 0.325 e. The Morgan fingerprint density at radius 2 is 2.04 bits per heavy atom. The Kier molecular flexibility index (Phi) is 3.90. The molecule has 1 saturated heterocycles. The first-order valence-corrected chi connectivity index (χ1v) is 8.75. The first-order valence-electron chi connectivity index (χ1n) is 8.75. The monoisotopic (exact) mass is 354 g/mol. The van der Waals surface area contributed by atoms with Crippen LogP contribution in [-0.4, -0.2) is 25.5 Å². The van der Waals surface area contributed by atoms with Crippen molar-refractivity contribution >= 4 is 11.7 Å². The highest BCUT2D eigenvalue weighted by molar-refractivity contribution is 5.95. The molecule has 0 aliphatic carbocycles. The Morgan fingerprint density at radius 1 is 1.27 bits per heavy atom. The van der Waals surface area contributed by atoms with Gasteiger partial charge in [-0.05, 0) is 44.2 Å². The summed E-state index contributed by atoms with van der Waals surface area (Å²) in [6, 6.07) is 12.9. The lowest BCUT2D eigenvalue weighted by Gasteiger charge is -2.50. The van der Waals surface area contributed by atoms with Crippen molar-refractivity contribution in [2.24, 2.45) is 0 Å². The predicted octanol–water partition coefficient (Wildman–Crippen LogP) is 3.86. The second kappa shape index (κ2) is 6.12. The van der Waals surface area contributed by atoms with Gasteiger partial charge in [-0.25, -0.2) is 4.79 Å². The number of rotatable bonds is 4. The normalized spacial score (nSPS) is 23.6. The number of anilines is 1. The summed E-state index contributed by atoms with van der Waals surface area (Å²) in [5.74, 6) is 2.14. The number of hydrogen-bond acceptors (Lipinski definition) is 4.